The monoisotopic (exact) mass is 353 g/mol. The van der Waals surface area contributed by atoms with Crippen molar-refractivity contribution in [1.29, 1.82) is 0 Å². The maximum absolute atomic E-state index is 12.3. The van der Waals surface area contributed by atoms with Crippen LogP contribution >= 0.6 is 0 Å². The number of carbonyl (C=O) groups is 1. The lowest BCUT2D eigenvalue weighted by molar-refractivity contribution is 0.180. The molecule has 0 radical (unpaired) electrons. The number of hydrogen-bond donors (Lipinski definition) is 2. The summed E-state index contributed by atoms with van der Waals surface area (Å²) >= 11 is 0. The van der Waals surface area contributed by atoms with Crippen LogP contribution < -0.4 is 10.6 Å². The Morgan fingerprint density at radius 3 is 2.67 bits per heavy atom. The number of nitrogens with zero attached hydrogens (tertiary/aromatic N) is 3. The molecule has 1 unspecified atom stereocenters. The number of likely N-dealkylation sites (tertiary alicyclic amines) is 1. The summed E-state index contributed by atoms with van der Waals surface area (Å²) in [5, 5.41) is 14.0. The molecule has 2 N–H and O–H groups in total. The topological polar surface area (TPSA) is 104 Å². The van der Waals surface area contributed by atoms with Gasteiger partial charge in [-0.3, -0.25) is 0 Å². The number of aromatic nitrogens is 2. The number of hydrogen-bond acceptors (Lipinski definition) is 6. The smallest absolute Gasteiger partial charge is 0.317 e. The molecule has 2 saturated heterocycles. The van der Waals surface area contributed by atoms with E-state index in [-0.39, 0.29) is 29.6 Å². The summed E-state index contributed by atoms with van der Waals surface area (Å²) in [6.07, 6.45) is 4.64. The molecular formula is C15H23N5O3S. The summed E-state index contributed by atoms with van der Waals surface area (Å²) in [6, 6.07) is 3.55. The van der Waals surface area contributed by atoms with Gasteiger partial charge in [0, 0.05) is 31.4 Å². The van der Waals surface area contributed by atoms with Crippen molar-refractivity contribution in [2.75, 3.05) is 29.9 Å². The second-order valence-corrected chi connectivity index (χ2v) is 8.65. The van der Waals surface area contributed by atoms with Crippen LogP contribution in [0.2, 0.25) is 0 Å². The normalized spacial score (nSPS) is 24.3. The highest BCUT2D eigenvalue weighted by Gasteiger charge is 2.29. The van der Waals surface area contributed by atoms with E-state index in [4.69, 9.17) is 0 Å². The lowest BCUT2D eigenvalue weighted by atomic mass is 10.1. The lowest BCUT2D eigenvalue weighted by Crippen LogP contribution is -2.52. The highest BCUT2D eigenvalue weighted by Crippen LogP contribution is 2.16. The van der Waals surface area contributed by atoms with Crippen LogP contribution in [-0.2, 0) is 9.84 Å². The van der Waals surface area contributed by atoms with Gasteiger partial charge in [-0.25, -0.2) is 13.2 Å². The van der Waals surface area contributed by atoms with E-state index in [1.165, 1.54) is 0 Å². The molecule has 0 spiro atoms. The molecule has 1 aromatic heterocycles. The van der Waals surface area contributed by atoms with Crippen LogP contribution in [-0.4, -0.2) is 66.2 Å². The summed E-state index contributed by atoms with van der Waals surface area (Å²) in [6.45, 7) is 1.28. The molecule has 0 saturated carbocycles. The van der Waals surface area contributed by atoms with Gasteiger partial charge in [0.2, 0.25) is 0 Å². The molecule has 2 fully saturated rings. The minimum absolute atomic E-state index is 0.0590. The Morgan fingerprint density at radius 2 is 2.00 bits per heavy atom. The highest BCUT2D eigenvalue weighted by atomic mass is 32.2. The quantitative estimate of drug-likeness (QED) is 0.826. The lowest BCUT2D eigenvalue weighted by Gasteiger charge is -2.34. The van der Waals surface area contributed by atoms with Gasteiger partial charge in [0.1, 0.15) is 5.82 Å². The molecule has 24 heavy (non-hydrogen) atoms. The highest BCUT2D eigenvalue weighted by molar-refractivity contribution is 7.91. The summed E-state index contributed by atoms with van der Waals surface area (Å²) in [4.78, 5) is 14.1. The molecule has 2 aliphatic rings. The fourth-order valence-electron chi connectivity index (χ4n) is 3.22. The Bertz CT molecular complexity index is 659. The van der Waals surface area contributed by atoms with Crippen molar-refractivity contribution in [3.05, 3.63) is 18.3 Å². The first kappa shape index (κ1) is 16.9. The first-order valence-electron chi connectivity index (χ1n) is 8.32. The fourth-order valence-corrected chi connectivity index (χ4v) is 4.85. The predicted octanol–water partition coefficient (Wildman–Crippen LogP) is 0.640. The zero-order valence-electron chi connectivity index (χ0n) is 13.5. The largest absolute Gasteiger partial charge is 0.366 e. The maximum Gasteiger partial charge on any atom is 0.317 e. The van der Waals surface area contributed by atoms with E-state index in [0.717, 1.165) is 25.1 Å². The van der Waals surface area contributed by atoms with Crippen LogP contribution in [0.25, 0.3) is 0 Å². The number of anilines is 1. The number of amides is 2. The summed E-state index contributed by atoms with van der Waals surface area (Å²) < 4.78 is 23.3. The standard InChI is InChI=1S/C15H23N5O3S/c21-15(18-13-3-2-10-24(22,23)11-13)20-8-5-12(6-9-20)17-14-4-1-7-16-19-14/h1,4,7,12-13H,2-3,5-6,8-11H2,(H,17,19)(H,18,21). The van der Waals surface area contributed by atoms with Crippen LogP contribution in [0, 0.1) is 0 Å². The minimum atomic E-state index is -3.01. The van der Waals surface area contributed by atoms with Gasteiger partial charge in [0.15, 0.2) is 9.84 Å². The first-order valence-corrected chi connectivity index (χ1v) is 10.1. The van der Waals surface area contributed by atoms with Gasteiger partial charge in [-0.15, -0.1) is 5.10 Å². The Hall–Kier alpha value is -1.90. The fraction of sp³-hybridized carbons (Fsp3) is 0.667. The number of urea groups is 1. The van der Waals surface area contributed by atoms with Crippen molar-refractivity contribution in [3.8, 4) is 0 Å². The van der Waals surface area contributed by atoms with Crippen molar-refractivity contribution in [3.63, 3.8) is 0 Å². The molecule has 1 aromatic rings. The molecule has 1 atom stereocenters. The molecule has 3 rings (SSSR count). The number of carbonyl (C=O) groups excluding carboxylic acids is 1. The van der Waals surface area contributed by atoms with Crippen molar-refractivity contribution in [2.45, 2.75) is 37.8 Å². The Kier molecular flexibility index (Phi) is 5.17. The van der Waals surface area contributed by atoms with Crippen molar-refractivity contribution >= 4 is 21.7 Å². The summed E-state index contributed by atoms with van der Waals surface area (Å²) in [5.74, 6) is 1.04. The summed E-state index contributed by atoms with van der Waals surface area (Å²) in [7, 11) is -3.01. The number of nitrogens with one attached hydrogen (secondary N) is 2. The van der Waals surface area contributed by atoms with E-state index >= 15 is 0 Å². The van der Waals surface area contributed by atoms with Crippen molar-refractivity contribution < 1.29 is 13.2 Å². The Labute approximate surface area is 141 Å². The van der Waals surface area contributed by atoms with Crippen LogP contribution in [0.5, 0.6) is 0 Å². The van der Waals surface area contributed by atoms with Crippen molar-refractivity contribution in [2.24, 2.45) is 0 Å². The van der Waals surface area contributed by atoms with E-state index in [9.17, 15) is 13.2 Å². The van der Waals surface area contributed by atoms with Gasteiger partial charge in [-0.05, 0) is 37.8 Å². The molecule has 2 aliphatic heterocycles. The van der Waals surface area contributed by atoms with E-state index in [1.807, 2.05) is 12.1 Å². The molecule has 0 bridgehead atoms. The third kappa shape index (κ3) is 4.56. The second kappa shape index (κ2) is 7.33. The van der Waals surface area contributed by atoms with Gasteiger partial charge in [-0.1, -0.05) is 0 Å². The van der Waals surface area contributed by atoms with Crippen LogP contribution in [0.3, 0.4) is 0 Å². The Morgan fingerprint density at radius 1 is 1.21 bits per heavy atom. The number of rotatable bonds is 3. The van der Waals surface area contributed by atoms with Gasteiger partial charge in [-0.2, -0.15) is 5.10 Å². The van der Waals surface area contributed by atoms with Crippen molar-refractivity contribution in [1.82, 2.24) is 20.4 Å². The van der Waals surface area contributed by atoms with Crippen LogP contribution in [0.4, 0.5) is 10.6 Å². The Balaban J connectivity index is 1.45. The third-order valence-corrected chi connectivity index (χ3v) is 6.32. The van der Waals surface area contributed by atoms with Crippen LogP contribution in [0.15, 0.2) is 18.3 Å². The molecule has 0 aliphatic carbocycles. The maximum atomic E-state index is 12.3. The van der Waals surface area contributed by atoms with Gasteiger partial charge in [0.25, 0.3) is 0 Å². The molecule has 132 valence electrons. The molecule has 0 aromatic carbocycles. The molecule has 8 nitrogen and oxygen atoms in total. The summed E-state index contributed by atoms with van der Waals surface area (Å²) in [5.41, 5.74) is 0. The van der Waals surface area contributed by atoms with Crippen LogP contribution in [0.1, 0.15) is 25.7 Å². The second-order valence-electron chi connectivity index (χ2n) is 6.42. The van der Waals surface area contributed by atoms with Gasteiger partial charge >= 0.3 is 6.03 Å². The zero-order chi connectivity index (χ0) is 17.0. The predicted molar refractivity (Wildman–Crippen MR) is 90.5 cm³/mol. The van der Waals surface area contributed by atoms with Gasteiger partial charge < -0.3 is 15.5 Å². The molecular weight excluding hydrogens is 330 g/mol. The minimum Gasteiger partial charge on any atom is -0.366 e. The average molecular weight is 353 g/mol. The first-order chi connectivity index (χ1) is 11.5. The molecule has 3 heterocycles. The van der Waals surface area contributed by atoms with E-state index < -0.39 is 9.84 Å². The average Bonchev–Trinajstić information content (AvgIpc) is 2.55. The zero-order valence-corrected chi connectivity index (χ0v) is 14.3. The SMILES string of the molecule is O=C(NC1CCCS(=O)(=O)C1)N1CCC(Nc2cccnn2)CC1. The third-order valence-electron chi connectivity index (χ3n) is 4.50. The number of sulfone groups is 1. The van der Waals surface area contributed by atoms with Gasteiger partial charge in [0.05, 0.1) is 11.5 Å². The van der Waals surface area contributed by atoms with E-state index in [1.54, 1.807) is 11.1 Å². The number of piperidine rings is 1. The molecule has 2 amide bonds. The molecule has 9 heteroatoms. The van der Waals surface area contributed by atoms with E-state index in [0.29, 0.717) is 19.5 Å². The van der Waals surface area contributed by atoms with E-state index in [2.05, 4.69) is 20.8 Å².